The van der Waals surface area contributed by atoms with Crippen LogP contribution in [0.2, 0.25) is 0 Å². The second-order valence-corrected chi connectivity index (χ2v) is 6.35. The highest BCUT2D eigenvalue weighted by atomic mass is 16.6. The molecule has 0 spiro atoms. The molecule has 1 atom stereocenters. The minimum atomic E-state index is -0.573. The third kappa shape index (κ3) is 3.98. The van der Waals surface area contributed by atoms with Crippen LogP contribution in [-0.2, 0) is 20.8 Å². The van der Waals surface area contributed by atoms with Gasteiger partial charge in [0.25, 0.3) is 0 Å². The van der Waals surface area contributed by atoms with Gasteiger partial charge in [-0.2, -0.15) is 0 Å². The van der Waals surface area contributed by atoms with E-state index in [9.17, 15) is 9.59 Å². The zero-order valence-electron chi connectivity index (χ0n) is 14.1. The summed E-state index contributed by atoms with van der Waals surface area (Å²) in [6, 6.07) is 3.06. The van der Waals surface area contributed by atoms with Gasteiger partial charge >= 0.3 is 12.1 Å². The number of esters is 1. The van der Waals surface area contributed by atoms with Crippen molar-refractivity contribution in [2.75, 3.05) is 20.8 Å². The lowest BCUT2D eigenvalue weighted by Crippen LogP contribution is -2.40. The molecular formula is C16H22N2O5. The first-order valence-corrected chi connectivity index (χ1v) is 7.34. The molecule has 0 aliphatic carbocycles. The van der Waals surface area contributed by atoms with E-state index in [1.807, 2.05) is 20.8 Å². The van der Waals surface area contributed by atoms with Crippen molar-refractivity contribution in [1.82, 2.24) is 9.88 Å². The van der Waals surface area contributed by atoms with E-state index in [4.69, 9.17) is 9.47 Å². The maximum Gasteiger partial charge on any atom is 0.410 e. The molecule has 7 heteroatoms. The van der Waals surface area contributed by atoms with Crippen molar-refractivity contribution in [2.24, 2.45) is 0 Å². The molecular weight excluding hydrogens is 300 g/mol. The molecule has 1 aromatic rings. The zero-order chi connectivity index (χ0) is 17.2. The van der Waals surface area contributed by atoms with Crippen LogP contribution in [0, 0.1) is 0 Å². The van der Waals surface area contributed by atoms with E-state index in [0.29, 0.717) is 18.9 Å². The fourth-order valence-electron chi connectivity index (χ4n) is 2.29. The van der Waals surface area contributed by atoms with Crippen LogP contribution in [-0.4, -0.2) is 48.3 Å². The smallest absolute Gasteiger partial charge is 0.410 e. The van der Waals surface area contributed by atoms with Gasteiger partial charge in [0.15, 0.2) is 0 Å². The number of rotatable bonds is 2. The molecule has 1 aliphatic rings. The molecule has 1 aliphatic heterocycles. The Balaban J connectivity index is 2.24. The lowest BCUT2D eigenvalue weighted by Gasteiger charge is -2.33. The van der Waals surface area contributed by atoms with Crippen molar-refractivity contribution in [3.05, 3.63) is 29.1 Å². The number of aromatic nitrogens is 1. The highest BCUT2D eigenvalue weighted by Gasteiger charge is 2.31. The molecule has 1 unspecified atom stereocenters. The largest absolute Gasteiger partial charge is 0.464 e. The minimum absolute atomic E-state index is 0.218. The Morgan fingerprint density at radius 1 is 1.35 bits per heavy atom. The highest BCUT2D eigenvalue weighted by molar-refractivity contribution is 5.87. The summed E-state index contributed by atoms with van der Waals surface area (Å²) in [5.41, 5.74) is 1.11. The van der Waals surface area contributed by atoms with Crippen molar-refractivity contribution in [2.45, 2.75) is 39.0 Å². The van der Waals surface area contributed by atoms with E-state index < -0.39 is 17.7 Å². The third-order valence-corrected chi connectivity index (χ3v) is 3.43. The number of likely N-dealkylation sites (N-methyl/N-ethyl adjacent to an activating group) is 1. The topological polar surface area (TPSA) is 78.0 Å². The quantitative estimate of drug-likeness (QED) is 0.778. The number of hydrogen-bond donors (Lipinski definition) is 0. The fraction of sp³-hybridized carbons (Fsp3) is 0.562. The number of carbonyl (C=O) groups excluding carboxylic acids is 2. The molecule has 0 fully saturated rings. The Morgan fingerprint density at radius 2 is 2.04 bits per heavy atom. The molecule has 2 heterocycles. The summed E-state index contributed by atoms with van der Waals surface area (Å²) < 4.78 is 15.6. The predicted molar refractivity (Wildman–Crippen MR) is 82.0 cm³/mol. The van der Waals surface area contributed by atoms with Crippen LogP contribution in [0.4, 0.5) is 4.79 Å². The fourth-order valence-corrected chi connectivity index (χ4v) is 2.29. The van der Waals surface area contributed by atoms with E-state index >= 15 is 0 Å². The number of nitrogens with zero attached hydrogens (tertiary/aromatic N) is 2. The molecule has 1 aromatic heterocycles. The Labute approximate surface area is 135 Å². The molecule has 126 valence electrons. The zero-order valence-corrected chi connectivity index (χ0v) is 14.1. The molecule has 0 aromatic carbocycles. The van der Waals surface area contributed by atoms with E-state index in [1.54, 1.807) is 19.2 Å². The van der Waals surface area contributed by atoms with Gasteiger partial charge in [0, 0.05) is 12.6 Å². The number of pyridine rings is 1. The highest BCUT2D eigenvalue weighted by Crippen LogP contribution is 2.29. The molecule has 23 heavy (non-hydrogen) atoms. The third-order valence-electron chi connectivity index (χ3n) is 3.43. The predicted octanol–water partition coefficient (Wildman–Crippen LogP) is 2.31. The van der Waals surface area contributed by atoms with Crippen LogP contribution in [0.25, 0.3) is 0 Å². The van der Waals surface area contributed by atoms with Gasteiger partial charge in [-0.05, 0) is 26.8 Å². The summed E-state index contributed by atoms with van der Waals surface area (Å²) in [6.07, 6.45) is -0.434. The molecule has 0 bridgehead atoms. The first-order chi connectivity index (χ1) is 10.7. The SMILES string of the molecule is COC(=O)c1ccc2c(n1)COCC2N(C)C(=O)OC(C)(C)C. The van der Waals surface area contributed by atoms with E-state index in [1.165, 1.54) is 12.0 Å². The van der Waals surface area contributed by atoms with Gasteiger partial charge in [-0.3, -0.25) is 0 Å². The molecule has 7 nitrogen and oxygen atoms in total. The lowest BCUT2D eigenvalue weighted by molar-refractivity contribution is -0.00128. The number of methoxy groups -OCH3 is 1. The normalized spacial score (nSPS) is 17.2. The van der Waals surface area contributed by atoms with Gasteiger partial charge in [-0.25, -0.2) is 14.6 Å². The molecule has 2 rings (SSSR count). The molecule has 0 saturated carbocycles. The maximum absolute atomic E-state index is 12.2. The Hall–Kier alpha value is -2.15. The van der Waals surface area contributed by atoms with Gasteiger partial charge in [-0.15, -0.1) is 0 Å². The van der Waals surface area contributed by atoms with Gasteiger partial charge in [0.2, 0.25) is 0 Å². The maximum atomic E-state index is 12.2. The van der Waals surface area contributed by atoms with E-state index in [-0.39, 0.29) is 11.7 Å². The standard InChI is InChI=1S/C16H22N2O5/c1-16(2,3)23-15(20)18(4)13-9-22-8-12-10(13)6-7-11(17-12)14(19)21-5/h6-7,13H,8-9H2,1-5H3. The average molecular weight is 322 g/mol. The second kappa shape index (κ2) is 6.54. The summed E-state index contributed by atoms with van der Waals surface area (Å²) in [5, 5.41) is 0. The Kier molecular flexibility index (Phi) is 4.89. The van der Waals surface area contributed by atoms with Crippen molar-refractivity contribution < 1.29 is 23.8 Å². The van der Waals surface area contributed by atoms with Crippen molar-refractivity contribution in [1.29, 1.82) is 0 Å². The lowest BCUT2D eigenvalue weighted by atomic mass is 10.0. The number of amides is 1. The summed E-state index contributed by atoms with van der Waals surface area (Å²) in [4.78, 5) is 29.6. The molecule has 1 amide bonds. The Bertz CT molecular complexity index is 609. The minimum Gasteiger partial charge on any atom is -0.464 e. The Morgan fingerprint density at radius 3 is 2.65 bits per heavy atom. The molecule has 0 radical (unpaired) electrons. The average Bonchev–Trinajstić information content (AvgIpc) is 2.50. The number of ether oxygens (including phenoxy) is 3. The van der Waals surface area contributed by atoms with Crippen LogP contribution in [0.5, 0.6) is 0 Å². The molecule has 0 saturated heterocycles. The summed E-state index contributed by atoms with van der Waals surface area (Å²) >= 11 is 0. The number of carbonyl (C=O) groups is 2. The molecule has 0 N–H and O–H groups in total. The first-order valence-electron chi connectivity index (χ1n) is 7.34. The summed E-state index contributed by atoms with van der Waals surface area (Å²) in [7, 11) is 2.96. The van der Waals surface area contributed by atoms with Crippen molar-refractivity contribution in [3.63, 3.8) is 0 Å². The monoisotopic (exact) mass is 322 g/mol. The van der Waals surface area contributed by atoms with Gasteiger partial charge < -0.3 is 19.1 Å². The van der Waals surface area contributed by atoms with Crippen LogP contribution >= 0.6 is 0 Å². The van der Waals surface area contributed by atoms with Crippen molar-refractivity contribution >= 4 is 12.1 Å². The van der Waals surface area contributed by atoms with Crippen LogP contribution in [0.1, 0.15) is 48.6 Å². The van der Waals surface area contributed by atoms with Crippen molar-refractivity contribution in [3.8, 4) is 0 Å². The summed E-state index contributed by atoms with van der Waals surface area (Å²) in [5.74, 6) is -0.504. The second-order valence-electron chi connectivity index (χ2n) is 6.35. The van der Waals surface area contributed by atoms with Gasteiger partial charge in [-0.1, -0.05) is 6.07 Å². The van der Waals surface area contributed by atoms with Crippen LogP contribution in [0.15, 0.2) is 12.1 Å². The van der Waals surface area contributed by atoms with Gasteiger partial charge in [0.05, 0.1) is 32.1 Å². The van der Waals surface area contributed by atoms with Crippen LogP contribution < -0.4 is 0 Å². The van der Waals surface area contributed by atoms with E-state index in [2.05, 4.69) is 9.72 Å². The number of fused-ring (bicyclic) bond motifs is 1. The number of hydrogen-bond acceptors (Lipinski definition) is 6. The summed E-state index contributed by atoms with van der Waals surface area (Å²) in [6.45, 7) is 6.08. The first kappa shape index (κ1) is 17.2. The van der Waals surface area contributed by atoms with E-state index in [0.717, 1.165) is 5.56 Å². The van der Waals surface area contributed by atoms with Crippen LogP contribution in [0.3, 0.4) is 0 Å². The van der Waals surface area contributed by atoms with Gasteiger partial charge in [0.1, 0.15) is 11.3 Å².